The van der Waals surface area contributed by atoms with E-state index >= 15 is 0 Å². The van der Waals surface area contributed by atoms with Gasteiger partial charge >= 0.3 is 6.18 Å². The molecule has 2 aromatic heterocycles. The molecule has 0 atom stereocenters. The highest BCUT2D eigenvalue weighted by molar-refractivity contribution is 6.34. The summed E-state index contributed by atoms with van der Waals surface area (Å²) in [7, 11) is 0. The predicted octanol–water partition coefficient (Wildman–Crippen LogP) is 5.08. The van der Waals surface area contributed by atoms with Gasteiger partial charge in [-0.2, -0.15) is 13.2 Å². The molecule has 0 spiro atoms. The highest BCUT2D eigenvalue weighted by atomic mass is 35.5. The number of benzene rings is 1. The average molecular weight is 437 g/mol. The Bertz CT molecular complexity index is 1030. The van der Waals surface area contributed by atoms with Crippen LogP contribution in [0.4, 0.5) is 19.0 Å². The van der Waals surface area contributed by atoms with Crippen molar-refractivity contribution in [1.29, 1.82) is 0 Å². The number of hydrogen-bond acceptors (Lipinski definition) is 5. The van der Waals surface area contributed by atoms with Gasteiger partial charge < -0.3 is 10.1 Å². The number of alkyl halides is 3. The summed E-state index contributed by atoms with van der Waals surface area (Å²) in [5.41, 5.74) is 0.479. The van der Waals surface area contributed by atoms with E-state index in [2.05, 4.69) is 20.3 Å². The number of carbonyl (C=O) groups is 1. The maximum atomic E-state index is 12.6. The number of ether oxygens (including phenoxy) is 1. The number of aryl methyl sites for hydroxylation is 1. The van der Waals surface area contributed by atoms with Gasteiger partial charge in [-0.1, -0.05) is 30.7 Å². The fraction of sp³-hybridized carbons (Fsp3) is 0.200. The number of nitrogens with zero attached hydrogens (tertiary/aromatic N) is 3. The molecule has 10 heteroatoms. The molecule has 30 heavy (non-hydrogen) atoms. The van der Waals surface area contributed by atoms with Crippen LogP contribution < -0.4 is 10.1 Å². The maximum Gasteiger partial charge on any atom is 0.417 e. The van der Waals surface area contributed by atoms with Crippen LogP contribution in [0.1, 0.15) is 23.7 Å². The van der Waals surface area contributed by atoms with Crippen molar-refractivity contribution in [3.05, 3.63) is 70.8 Å². The van der Waals surface area contributed by atoms with Crippen molar-refractivity contribution in [2.75, 3.05) is 5.32 Å². The van der Waals surface area contributed by atoms with Crippen molar-refractivity contribution < 1.29 is 22.7 Å². The van der Waals surface area contributed by atoms with E-state index in [1.54, 1.807) is 24.3 Å². The van der Waals surface area contributed by atoms with E-state index < -0.39 is 11.7 Å². The standard InChI is InChI=1S/C20H16ClF3N4O2/c1-2-15-18(21)19(27-11-26-15)28-16(29)9-12-3-6-14(7-4-12)30-17-8-5-13(10-25-17)20(22,23)24/h3-8,10-11H,2,9H2,1H3,(H,26,27,28,29). The second kappa shape index (κ2) is 9.08. The van der Waals surface area contributed by atoms with Crippen LogP contribution in [-0.4, -0.2) is 20.9 Å². The first kappa shape index (κ1) is 21.5. The summed E-state index contributed by atoms with van der Waals surface area (Å²) in [6.07, 6.45) is -1.74. The molecule has 1 N–H and O–H groups in total. The van der Waals surface area contributed by atoms with E-state index in [4.69, 9.17) is 16.3 Å². The van der Waals surface area contributed by atoms with Gasteiger partial charge in [-0.05, 0) is 30.2 Å². The Labute approximate surface area is 175 Å². The Morgan fingerprint density at radius 3 is 2.43 bits per heavy atom. The zero-order valence-corrected chi connectivity index (χ0v) is 16.5. The minimum atomic E-state index is -4.46. The first-order valence-corrected chi connectivity index (χ1v) is 9.23. The molecule has 1 aromatic carbocycles. The summed E-state index contributed by atoms with van der Waals surface area (Å²) in [5.74, 6) is 0.342. The predicted molar refractivity (Wildman–Crippen MR) is 105 cm³/mol. The van der Waals surface area contributed by atoms with Gasteiger partial charge in [0.15, 0.2) is 5.82 Å². The third-order valence-electron chi connectivity index (χ3n) is 4.03. The molecule has 3 aromatic rings. The van der Waals surface area contributed by atoms with E-state index in [0.29, 0.717) is 34.6 Å². The van der Waals surface area contributed by atoms with Crippen LogP contribution in [0.25, 0.3) is 0 Å². The zero-order valence-electron chi connectivity index (χ0n) is 15.7. The zero-order chi connectivity index (χ0) is 21.7. The Hall–Kier alpha value is -3.20. The van der Waals surface area contributed by atoms with Crippen molar-refractivity contribution in [3.8, 4) is 11.6 Å². The molecule has 2 heterocycles. The highest BCUT2D eigenvalue weighted by Crippen LogP contribution is 2.30. The fourth-order valence-electron chi connectivity index (χ4n) is 2.51. The van der Waals surface area contributed by atoms with Gasteiger partial charge in [0, 0.05) is 12.3 Å². The molecular weight excluding hydrogens is 421 g/mol. The third-order valence-corrected chi connectivity index (χ3v) is 4.43. The molecule has 6 nitrogen and oxygen atoms in total. The minimum Gasteiger partial charge on any atom is -0.439 e. The van der Waals surface area contributed by atoms with Crippen LogP contribution in [-0.2, 0) is 23.8 Å². The summed E-state index contributed by atoms with van der Waals surface area (Å²) >= 11 is 6.16. The topological polar surface area (TPSA) is 77.0 Å². The molecule has 0 saturated heterocycles. The Morgan fingerprint density at radius 1 is 1.10 bits per heavy atom. The Kier molecular flexibility index (Phi) is 6.51. The number of aromatic nitrogens is 3. The van der Waals surface area contributed by atoms with Gasteiger partial charge in [-0.25, -0.2) is 15.0 Å². The lowest BCUT2D eigenvalue weighted by Crippen LogP contribution is -2.16. The molecular formula is C20H16ClF3N4O2. The molecule has 0 radical (unpaired) electrons. The van der Waals surface area contributed by atoms with Gasteiger partial charge in [0.25, 0.3) is 0 Å². The molecule has 156 valence electrons. The van der Waals surface area contributed by atoms with Crippen molar-refractivity contribution in [2.45, 2.75) is 25.9 Å². The van der Waals surface area contributed by atoms with Crippen LogP contribution in [0.3, 0.4) is 0 Å². The fourth-order valence-corrected chi connectivity index (χ4v) is 2.78. The molecule has 3 rings (SSSR count). The van der Waals surface area contributed by atoms with Gasteiger partial charge in [-0.3, -0.25) is 4.79 Å². The van der Waals surface area contributed by atoms with Crippen molar-refractivity contribution >= 4 is 23.3 Å². The molecule has 0 aliphatic rings. The van der Waals surface area contributed by atoms with E-state index in [0.717, 1.165) is 12.1 Å². The summed E-state index contributed by atoms with van der Waals surface area (Å²) in [6.45, 7) is 1.89. The number of nitrogens with one attached hydrogen (secondary N) is 1. The third kappa shape index (κ3) is 5.44. The highest BCUT2D eigenvalue weighted by Gasteiger charge is 2.30. The average Bonchev–Trinajstić information content (AvgIpc) is 2.71. The van der Waals surface area contributed by atoms with E-state index in [-0.39, 0.29) is 24.0 Å². The van der Waals surface area contributed by atoms with E-state index in [9.17, 15) is 18.0 Å². The molecule has 0 fully saturated rings. The van der Waals surface area contributed by atoms with Crippen LogP contribution in [0.15, 0.2) is 48.9 Å². The second-order valence-corrected chi connectivity index (χ2v) is 6.57. The molecule has 0 unspecified atom stereocenters. The van der Waals surface area contributed by atoms with Crippen LogP contribution in [0.2, 0.25) is 5.02 Å². The van der Waals surface area contributed by atoms with Gasteiger partial charge in [-0.15, -0.1) is 0 Å². The lowest BCUT2D eigenvalue weighted by molar-refractivity contribution is -0.137. The Morgan fingerprint density at radius 2 is 1.83 bits per heavy atom. The Balaban J connectivity index is 1.60. The van der Waals surface area contributed by atoms with Crippen molar-refractivity contribution in [3.63, 3.8) is 0 Å². The molecule has 0 saturated carbocycles. The lowest BCUT2D eigenvalue weighted by Gasteiger charge is -2.09. The number of amides is 1. The SMILES string of the molecule is CCc1ncnc(NC(=O)Cc2ccc(Oc3ccc(C(F)(F)F)cn3)cc2)c1Cl. The number of carbonyl (C=O) groups excluding carboxylic acids is 1. The number of halogens is 4. The first-order valence-electron chi connectivity index (χ1n) is 8.85. The quantitative estimate of drug-likeness (QED) is 0.583. The summed E-state index contributed by atoms with van der Waals surface area (Å²) in [5, 5.41) is 2.96. The molecule has 0 aliphatic carbocycles. The van der Waals surface area contributed by atoms with Gasteiger partial charge in [0.2, 0.25) is 11.8 Å². The van der Waals surface area contributed by atoms with Gasteiger partial charge in [0.1, 0.15) is 17.1 Å². The number of pyridine rings is 1. The smallest absolute Gasteiger partial charge is 0.417 e. The summed E-state index contributed by atoms with van der Waals surface area (Å²) in [6, 6.07) is 8.54. The van der Waals surface area contributed by atoms with E-state index in [1.807, 2.05) is 6.92 Å². The van der Waals surface area contributed by atoms with Crippen LogP contribution >= 0.6 is 11.6 Å². The maximum absolute atomic E-state index is 12.6. The van der Waals surface area contributed by atoms with Crippen molar-refractivity contribution in [2.24, 2.45) is 0 Å². The molecule has 0 aliphatic heterocycles. The largest absolute Gasteiger partial charge is 0.439 e. The van der Waals surface area contributed by atoms with Crippen LogP contribution in [0.5, 0.6) is 11.6 Å². The number of rotatable bonds is 6. The van der Waals surface area contributed by atoms with Gasteiger partial charge in [0.05, 0.1) is 17.7 Å². The molecule has 0 bridgehead atoms. The van der Waals surface area contributed by atoms with E-state index in [1.165, 1.54) is 6.33 Å². The lowest BCUT2D eigenvalue weighted by atomic mass is 10.1. The number of anilines is 1. The molecule has 1 amide bonds. The summed E-state index contributed by atoms with van der Waals surface area (Å²) in [4.78, 5) is 23.9. The second-order valence-electron chi connectivity index (χ2n) is 6.19. The van der Waals surface area contributed by atoms with Crippen molar-refractivity contribution in [1.82, 2.24) is 15.0 Å². The minimum absolute atomic E-state index is 0.0265. The first-order chi connectivity index (χ1) is 14.3. The summed E-state index contributed by atoms with van der Waals surface area (Å²) < 4.78 is 43.1. The normalized spacial score (nSPS) is 11.2. The van der Waals surface area contributed by atoms with Crippen LogP contribution in [0, 0.1) is 0 Å². The number of hydrogen-bond donors (Lipinski definition) is 1. The monoisotopic (exact) mass is 436 g/mol.